The van der Waals surface area contributed by atoms with E-state index in [4.69, 9.17) is 4.74 Å². The van der Waals surface area contributed by atoms with E-state index in [2.05, 4.69) is 6.92 Å². The molecule has 1 aromatic rings. The Bertz CT molecular complexity index is 453. The van der Waals surface area contributed by atoms with E-state index in [1.165, 1.54) is 10.5 Å². The van der Waals surface area contributed by atoms with E-state index in [9.17, 15) is 9.59 Å². The third kappa shape index (κ3) is 3.81. The van der Waals surface area contributed by atoms with Crippen LogP contribution in [-0.4, -0.2) is 29.9 Å². The van der Waals surface area contributed by atoms with E-state index in [1.54, 1.807) is 0 Å². The summed E-state index contributed by atoms with van der Waals surface area (Å²) in [7, 11) is 0. The molecule has 0 aromatic heterocycles. The Morgan fingerprint density at radius 2 is 1.95 bits per heavy atom. The first-order valence-electron chi connectivity index (χ1n) is 6.70. The number of nitrogens with zero attached hydrogens (tertiary/aromatic N) is 1. The van der Waals surface area contributed by atoms with Crippen LogP contribution in [0.15, 0.2) is 24.3 Å². The van der Waals surface area contributed by atoms with E-state index in [-0.39, 0.29) is 18.9 Å². The van der Waals surface area contributed by atoms with Gasteiger partial charge in [0, 0.05) is 13.0 Å². The lowest BCUT2D eigenvalue weighted by molar-refractivity contribution is -0.121. The largest absolute Gasteiger partial charge is 0.445 e. The molecule has 19 heavy (non-hydrogen) atoms. The molecule has 1 saturated heterocycles. The smallest absolute Gasteiger partial charge is 0.410 e. The van der Waals surface area contributed by atoms with Crippen molar-refractivity contribution in [3.63, 3.8) is 0 Å². The molecule has 0 aliphatic carbocycles. The van der Waals surface area contributed by atoms with Crippen LogP contribution in [0.25, 0.3) is 0 Å². The Balaban J connectivity index is 1.83. The molecular formula is C15H19NO3. The predicted octanol–water partition coefficient (Wildman–Crippen LogP) is 2.55. The zero-order valence-electron chi connectivity index (χ0n) is 11.2. The number of piperidine rings is 1. The molecule has 0 saturated carbocycles. The third-order valence-electron chi connectivity index (χ3n) is 3.30. The second-order valence-electron chi connectivity index (χ2n) is 4.79. The monoisotopic (exact) mass is 261 g/mol. The minimum absolute atomic E-state index is 0.107. The summed E-state index contributed by atoms with van der Waals surface area (Å²) in [4.78, 5) is 24.5. The Morgan fingerprint density at radius 1 is 1.26 bits per heavy atom. The lowest BCUT2D eigenvalue weighted by atomic mass is 10.1. The number of carbonyl (C=O) groups excluding carboxylic acids is 2. The van der Waals surface area contributed by atoms with Gasteiger partial charge in [-0.1, -0.05) is 31.2 Å². The highest BCUT2D eigenvalue weighted by molar-refractivity contribution is 5.85. The van der Waals surface area contributed by atoms with Gasteiger partial charge in [0.15, 0.2) is 5.78 Å². The van der Waals surface area contributed by atoms with Crippen LogP contribution in [0.3, 0.4) is 0 Å². The molecule has 1 aliphatic rings. The van der Waals surface area contributed by atoms with Gasteiger partial charge < -0.3 is 9.64 Å². The second-order valence-corrected chi connectivity index (χ2v) is 4.79. The van der Waals surface area contributed by atoms with Crippen LogP contribution in [-0.2, 0) is 22.6 Å². The molecule has 1 fully saturated rings. The second kappa shape index (κ2) is 6.36. The fourth-order valence-corrected chi connectivity index (χ4v) is 2.10. The molecule has 1 aromatic carbocycles. The van der Waals surface area contributed by atoms with E-state index < -0.39 is 6.09 Å². The molecular weight excluding hydrogens is 242 g/mol. The normalized spacial score (nSPS) is 15.4. The molecule has 0 spiro atoms. The standard InChI is InChI=1S/C15H19NO3/c1-2-12-5-7-13(8-6-12)11-19-15(18)16-9-3-4-14(17)10-16/h5-8H,2-4,9-11H2,1H3. The van der Waals surface area contributed by atoms with E-state index >= 15 is 0 Å². The number of Topliss-reactive ketones (excluding diaryl/α,β-unsaturated/α-hetero) is 1. The molecule has 0 unspecified atom stereocenters. The first-order valence-corrected chi connectivity index (χ1v) is 6.70. The fourth-order valence-electron chi connectivity index (χ4n) is 2.10. The van der Waals surface area contributed by atoms with Crippen LogP contribution >= 0.6 is 0 Å². The van der Waals surface area contributed by atoms with Crippen molar-refractivity contribution in [3.8, 4) is 0 Å². The first kappa shape index (κ1) is 13.6. The number of likely N-dealkylation sites (tertiary alicyclic amines) is 1. The van der Waals surface area contributed by atoms with Crippen LogP contribution in [0.4, 0.5) is 4.79 Å². The van der Waals surface area contributed by atoms with Crippen molar-refractivity contribution in [1.29, 1.82) is 0 Å². The summed E-state index contributed by atoms with van der Waals surface area (Å²) in [6, 6.07) is 8.00. The maximum atomic E-state index is 11.8. The molecule has 2 rings (SSSR count). The van der Waals surface area contributed by atoms with Gasteiger partial charge in [-0.05, 0) is 24.0 Å². The van der Waals surface area contributed by atoms with Gasteiger partial charge in [-0.25, -0.2) is 4.79 Å². The summed E-state index contributed by atoms with van der Waals surface area (Å²) < 4.78 is 5.22. The summed E-state index contributed by atoms with van der Waals surface area (Å²) in [5.41, 5.74) is 2.23. The minimum atomic E-state index is -0.396. The van der Waals surface area contributed by atoms with Crippen molar-refractivity contribution >= 4 is 11.9 Å². The molecule has 102 valence electrons. The quantitative estimate of drug-likeness (QED) is 0.840. The number of ether oxygens (including phenoxy) is 1. The van der Waals surface area contributed by atoms with Gasteiger partial charge in [0.25, 0.3) is 0 Å². The highest BCUT2D eigenvalue weighted by Gasteiger charge is 2.22. The maximum absolute atomic E-state index is 11.8. The zero-order valence-corrected chi connectivity index (χ0v) is 11.2. The zero-order chi connectivity index (χ0) is 13.7. The molecule has 0 radical (unpaired) electrons. The van der Waals surface area contributed by atoms with Crippen molar-refractivity contribution in [2.24, 2.45) is 0 Å². The first-order chi connectivity index (χ1) is 9.19. The van der Waals surface area contributed by atoms with Gasteiger partial charge in [0.1, 0.15) is 6.61 Å². The van der Waals surface area contributed by atoms with Gasteiger partial charge in [0.2, 0.25) is 0 Å². The van der Waals surface area contributed by atoms with Crippen molar-refractivity contribution in [2.75, 3.05) is 13.1 Å². The highest BCUT2D eigenvalue weighted by Crippen LogP contribution is 2.10. The van der Waals surface area contributed by atoms with Crippen LogP contribution in [0.1, 0.15) is 30.9 Å². The molecule has 1 heterocycles. The van der Waals surface area contributed by atoms with Crippen LogP contribution in [0.2, 0.25) is 0 Å². The van der Waals surface area contributed by atoms with E-state index in [0.29, 0.717) is 13.0 Å². The summed E-state index contributed by atoms with van der Waals surface area (Å²) in [6.07, 6.45) is 1.91. The van der Waals surface area contributed by atoms with Crippen LogP contribution < -0.4 is 0 Å². The number of aryl methyl sites for hydroxylation is 1. The van der Waals surface area contributed by atoms with Crippen LogP contribution in [0.5, 0.6) is 0 Å². The van der Waals surface area contributed by atoms with E-state index in [0.717, 1.165) is 18.4 Å². The fraction of sp³-hybridized carbons (Fsp3) is 0.467. The van der Waals surface area contributed by atoms with Gasteiger partial charge in [-0.2, -0.15) is 0 Å². The SMILES string of the molecule is CCc1ccc(COC(=O)N2CCCC(=O)C2)cc1. The molecule has 0 atom stereocenters. The Morgan fingerprint density at radius 3 is 2.58 bits per heavy atom. The molecule has 1 aliphatic heterocycles. The summed E-state index contributed by atoms with van der Waals surface area (Å²) in [5.74, 6) is 0.107. The number of carbonyl (C=O) groups is 2. The molecule has 0 bridgehead atoms. The summed E-state index contributed by atoms with van der Waals surface area (Å²) in [6.45, 7) is 3.16. The van der Waals surface area contributed by atoms with Gasteiger partial charge in [-0.15, -0.1) is 0 Å². The average molecular weight is 261 g/mol. The number of rotatable bonds is 3. The van der Waals surface area contributed by atoms with Gasteiger partial charge in [-0.3, -0.25) is 4.79 Å². The minimum Gasteiger partial charge on any atom is -0.445 e. The van der Waals surface area contributed by atoms with Crippen molar-refractivity contribution in [1.82, 2.24) is 4.90 Å². The molecule has 0 N–H and O–H groups in total. The number of hydrogen-bond acceptors (Lipinski definition) is 3. The Labute approximate surface area is 113 Å². The topological polar surface area (TPSA) is 46.6 Å². The summed E-state index contributed by atoms with van der Waals surface area (Å²) >= 11 is 0. The van der Waals surface area contributed by atoms with Gasteiger partial charge >= 0.3 is 6.09 Å². The van der Waals surface area contributed by atoms with Gasteiger partial charge in [0.05, 0.1) is 6.54 Å². The van der Waals surface area contributed by atoms with E-state index in [1.807, 2.05) is 24.3 Å². The lowest BCUT2D eigenvalue weighted by Crippen LogP contribution is -2.40. The predicted molar refractivity (Wildman–Crippen MR) is 71.8 cm³/mol. The number of hydrogen-bond donors (Lipinski definition) is 0. The van der Waals surface area contributed by atoms with Crippen LogP contribution in [0, 0.1) is 0 Å². The third-order valence-corrected chi connectivity index (χ3v) is 3.30. The van der Waals surface area contributed by atoms with Crippen molar-refractivity contribution in [3.05, 3.63) is 35.4 Å². The number of benzene rings is 1. The number of ketones is 1. The summed E-state index contributed by atoms with van der Waals surface area (Å²) in [5, 5.41) is 0. The van der Waals surface area contributed by atoms with Crippen molar-refractivity contribution in [2.45, 2.75) is 32.8 Å². The highest BCUT2D eigenvalue weighted by atomic mass is 16.6. The average Bonchev–Trinajstić information content (AvgIpc) is 2.45. The molecule has 4 heteroatoms. The lowest BCUT2D eigenvalue weighted by Gasteiger charge is -2.24. The Kier molecular flexibility index (Phi) is 4.55. The van der Waals surface area contributed by atoms with Crippen molar-refractivity contribution < 1.29 is 14.3 Å². The number of amides is 1. The Hall–Kier alpha value is -1.84. The maximum Gasteiger partial charge on any atom is 0.410 e. The molecule has 4 nitrogen and oxygen atoms in total. The molecule has 1 amide bonds.